The van der Waals surface area contributed by atoms with Crippen LogP contribution in [-0.4, -0.2) is 35.6 Å². The van der Waals surface area contributed by atoms with Crippen LogP contribution in [0.1, 0.15) is 30.0 Å². The van der Waals surface area contributed by atoms with E-state index in [-0.39, 0.29) is 11.8 Å². The van der Waals surface area contributed by atoms with Gasteiger partial charge in [0.05, 0.1) is 5.75 Å². The van der Waals surface area contributed by atoms with Crippen molar-refractivity contribution >= 4 is 23.6 Å². The minimum Gasteiger partial charge on any atom is -0.357 e. The number of thioether (sulfide) groups is 1. The molecule has 27 heavy (non-hydrogen) atoms. The van der Waals surface area contributed by atoms with Crippen molar-refractivity contribution in [1.29, 1.82) is 0 Å². The van der Waals surface area contributed by atoms with Gasteiger partial charge >= 0.3 is 0 Å². The van der Waals surface area contributed by atoms with Crippen molar-refractivity contribution in [3.8, 4) is 0 Å². The van der Waals surface area contributed by atoms with Crippen LogP contribution in [0.25, 0.3) is 0 Å². The molecule has 5 heteroatoms. The summed E-state index contributed by atoms with van der Waals surface area (Å²) in [5.74, 6) is 1.01. The summed E-state index contributed by atoms with van der Waals surface area (Å²) in [5, 5.41) is 2.69. The van der Waals surface area contributed by atoms with E-state index in [1.165, 1.54) is 11.1 Å². The highest BCUT2D eigenvalue weighted by atomic mass is 32.2. The summed E-state index contributed by atoms with van der Waals surface area (Å²) in [6, 6.07) is 17.7. The number of amides is 2. The van der Waals surface area contributed by atoms with Gasteiger partial charge in [0.25, 0.3) is 0 Å². The molecule has 0 aromatic heterocycles. The van der Waals surface area contributed by atoms with E-state index in [1.807, 2.05) is 43.3 Å². The highest BCUT2D eigenvalue weighted by Crippen LogP contribution is 2.17. The number of likely N-dealkylation sites (N-methyl/N-ethyl adjacent to an activating group) is 1. The Balaban J connectivity index is 2.06. The van der Waals surface area contributed by atoms with Gasteiger partial charge in [-0.3, -0.25) is 9.59 Å². The van der Waals surface area contributed by atoms with Crippen molar-refractivity contribution in [2.24, 2.45) is 0 Å². The number of carbonyl (C=O) groups excluding carboxylic acids is 2. The van der Waals surface area contributed by atoms with Gasteiger partial charge in [-0.25, -0.2) is 0 Å². The first kappa shape index (κ1) is 21.0. The number of hydrogen-bond acceptors (Lipinski definition) is 3. The second-order valence-electron chi connectivity index (χ2n) is 6.53. The number of benzene rings is 2. The largest absolute Gasteiger partial charge is 0.357 e. The molecule has 0 fully saturated rings. The fourth-order valence-electron chi connectivity index (χ4n) is 3.01. The predicted octanol–water partition coefficient (Wildman–Crippen LogP) is 3.78. The van der Waals surface area contributed by atoms with E-state index in [0.717, 1.165) is 11.3 Å². The zero-order chi connectivity index (χ0) is 19.6. The number of aryl methyl sites for hydroxylation is 1. The van der Waals surface area contributed by atoms with Crippen LogP contribution in [0.5, 0.6) is 0 Å². The summed E-state index contributed by atoms with van der Waals surface area (Å²) in [4.78, 5) is 27.0. The lowest BCUT2D eigenvalue weighted by molar-refractivity contribution is -0.139. The van der Waals surface area contributed by atoms with Gasteiger partial charge in [-0.2, -0.15) is 0 Å². The Labute approximate surface area is 166 Å². The molecule has 0 bridgehead atoms. The Kier molecular flexibility index (Phi) is 8.40. The molecule has 0 heterocycles. The van der Waals surface area contributed by atoms with Crippen molar-refractivity contribution in [3.63, 3.8) is 0 Å². The molecule has 0 aliphatic rings. The van der Waals surface area contributed by atoms with Crippen LogP contribution < -0.4 is 5.32 Å². The van der Waals surface area contributed by atoms with Crippen LogP contribution >= 0.6 is 11.8 Å². The van der Waals surface area contributed by atoms with E-state index in [0.29, 0.717) is 18.7 Å². The van der Waals surface area contributed by atoms with Crippen LogP contribution in [0, 0.1) is 6.92 Å². The molecule has 0 unspecified atom stereocenters. The molecule has 2 rings (SSSR count). The van der Waals surface area contributed by atoms with Crippen molar-refractivity contribution in [2.45, 2.75) is 38.6 Å². The molecular formula is C22H28N2O2S. The molecule has 2 aromatic carbocycles. The lowest BCUT2D eigenvalue weighted by Crippen LogP contribution is -2.48. The van der Waals surface area contributed by atoms with E-state index in [9.17, 15) is 9.59 Å². The monoisotopic (exact) mass is 384 g/mol. The van der Waals surface area contributed by atoms with Gasteiger partial charge in [0.1, 0.15) is 6.04 Å². The number of rotatable bonds is 9. The fraction of sp³-hybridized carbons (Fsp3) is 0.364. The topological polar surface area (TPSA) is 49.4 Å². The lowest BCUT2D eigenvalue weighted by Gasteiger charge is -2.30. The minimum absolute atomic E-state index is 0.00745. The molecule has 1 N–H and O–H groups in total. The molecule has 0 saturated carbocycles. The third kappa shape index (κ3) is 6.43. The summed E-state index contributed by atoms with van der Waals surface area (Å²) in [6.07, 6.45) is 0.584. The number of hydrogen-bond donors (Lipinski definition) is 1. The zero-order valence-electron chi connectivity index (χ0n) is 16.3. The highest BCUT2D eigenvalue weighted by molar-refractivity contribution is 7.99. The molecule has 1 atom stereocenters. The molecule has 0 saturated heterocycles. The number of nitrogens with zero attached hydrogens (tertiary/aromatic N) is 1. The standard InChI is InChI=1S/C22H28N2O2S/c1-4-20(22(26)23-3)24(14-18-10-6-5-7-11-18)21(25)16-27-15-19-12-8-9-17(2)13-19/h5-13,20H,4,14-16H2,1-3H3,(H,23,26)/t20-/m0/s1. The Morgan fingerprint density at radius 1 is 1.07 bits per heavy atom. The summed E-state index contributed by atoms with van der Waals surface area (Å²) >= 11 is 1.59. The fourth-order valence-corrected chi connectivity index (χ4v) is 3.87. The summed E-state index contributed by atoms with van der Waals surface area (Å²) in [7, 11) is 1.61. The van der Waals surface area contributed by atoms with Crippen molar-refractivity contribution < 1.29 is 9.59 Å². The second kappa shape index (κ2) is 10.8. The van der Waals surface area contributed by atoms with Crippen LogP contribution in [-0.2, 0) is 21.9 Å². The maximum Gasteiger partial charge on any atom is 0.242 e. The molecule has 2 amide bonds. The van der Waals surface area contributed by atoms with Crippen molar-refractivity contribution in [1.82, 2.24) is 10.2 Å². The smallest absolute Gasteiger partial charge is 0.242 e. The van der Waals surface area contributed by atoms with Gasteiger partial charge in [-0.05, 0) is 24.5 Å². The number of nitrogens with one attached hydrogen (secondary N) is 1. The maximum absolute atomic E-state index is 13.0. The summed E-state index contributed by atoms with van der Waals surface area (Å²) in [6.45, 7) is 4.44. The Hall–Kier alpha value is -2.27. The molecule has 144 valence electrons. The van der Waals surface area contributed by atoms with E-state index in [2.05, 4.69) is 30.4 Å². The van der Waals surface area contributed by atoms with Gasteiger partial charge in [-0.15, -0.1) is 11.8 Å². The Bertz CT molecular complexity index is 749. The molecular weight excluding hydrogens is 356 g/mol. The van der Waals surface area contributed by atoms with Crippen molar-refractivity contribution in [2.75, 3.05) is 12.8 Å². The minimum atomic E-state index is -0.456. The van der Waals surface area contributed by atoms with Gasteiger partial charge in [0, 0.05) is 19.3 Å². The third-order valence-electron chi connectivity index (χ3n) is 4.40. The summed E-state index contributed by atoms with van der Waals surface area (Å²) < 4.78 is 0. The first-order valence-corrected chi connectivity index (χ1v) is 10.4. The highest BCUT2D eigenvalue weighted by Gasteiger charge is 2.27. The molecule has 0 radical (unpaired) electrons. The first-order valence-electron chi connectivity index (χ1n) is 9.23. The first-order chi connectivity index (χ1) is 13.0. The molecule has 0 aliphatic carbocycles. The van der Waals surface area contributed by atoms with Crippen LogP contribution in [0.2, 0.25) is 0 Å². The molecule has 2 aromatic rings. The van der Waals surface area contributed by atoms with Gasteiger partial charge < -0.3 is 10.2 Å². The Morgan fingerprint density at radius 2 is 1.78 bits per heavy atom. The maximum atomic E-state index is 13.0. The van der Waals surface area contributed by atoms with Crippen LogP contribution in [0.4, 0.5) is 0 Å². The Morgan fingerprint density at radius 3 is 2.41 bits per heavy atom. The molecule has 0 aliphatic heterocycles. The predicted molar refractivity (Wildman–Crippen MR) is 112 cm³/mol. The second-order valence-corrected chi connectivity index (χ2v) is 7.51. The van der Waals surface area contributed by atoms with E-state index in [4.69, 9.17) is 0 Å². The quantitative estimate of drug-likeness (QED) is 0.716. The van der Waals surface area contributed by atoms with E-state index >= 15 is 0 Å². The zero-order valence-corrected chi connectivity index (χ0v) is 17.1. The van der Waals surface area contributed by atoms with Gasteiger partial charge in [0.2, 0.25) is 11.8 Å². The lowest BCUT2D eigenvalue weighted by atomic mass is 10.1. The van der Waals surface area contributed by atoms with Crippen LogP contribution in [0.3, 0.4) is 0 Å². The van der Waals surface area contributed by atoms with E-state index < -0.39 is 6.04 Å². The molecule has 0 spiro atoms. The SMILES string of the molecule is CC[C@@H](C(=O)NC)N(Cc1ccccc1)C(=O)CSCc1cccc(C)c1. The average Bonchev–Trinajstić information content (AvgIpc) is 2.68. The van der Waals surface area contributed by atoms with Gasteiger partial charge in [-0.1, -0.05) is 67.1 Å². The van der Waals surface area contributed by atoms with Gasteiger partial charge in [0.15, 0.2) is 0 Å². The van der Waals surface area contributed by atoms with Crippen molar-refractivity contribution in [3.05, 3.63) is 71.3 Å². The average molecular weight is 385 g/mol. The normalized spacial score (nSPS) is 11.7. The third-order valence-corrected chi connectivity index (χ3v) is 5.39. The van der Waals surface area contributed by atoms with Crippen LogP contribution in [0.15, 0.2) is 54.6 Å². The number of carbonyl (C=O) groups is 2. The summed E-state index contributed by atoms with van der Waals surface area (Å²) in [5.41, 5.74) is 3.45. The molecule has 4 nitrogen and oxygen atoms in total. The van der Waals surface area contributed by atoms with E-state index in [1.54, 1.807) is 23.7 Å².